The lowest BCUT2D eigenvalue weighted by Crippen LogP contribution is -2.16. The number of nitrogen functional groups attached to an aromatic ring is 1. The quantitative estimate of drug-likeness (QED) is 0.766. The van der Waals surface area contributed by atoms with Crippen molar-refractivity contribution in [3.05, 3.63) is 0 Å². The standard InChI is InChI=1S/C9H16N4O/c1-6-3-2-4-7(6)5-11-9-13-12-8(10)14-9/h6-7H,2-5H2,1H3,(H2,10,12)(H,11,13). The van der Waals surface area contributed by atoms with E-state index in [0.29, 0.717) is 6.01 Å². The first kappa shape index (κ1) is 9.30. The molecule has 2 atom stereocenters. The first-order valence-electron chi connectivity index (χ1n) is 5.08. The monoisotopic (exact) mass is 196 g/mol. The molecule has 0 aliphatic heterocycles. The maximum Gasteiger partial charge on any atom is 0.316 e. The molecule has 1 fully saturated rings. The van der Waals surface area contributed by atoms with Crippen LogP contribution >= 0.6 is 0 Å². The highest BCUT2D eigenvalue weighted by atomic mass is 16.4. The molecule has 0 bridgehead atoms. The Hall–Kier alpha value is -1.26. The second-order valence-corrected chi connectivity index (χ2v) is 3.99. The molecule has 2 unspecified atom stereocenters. The summed E-state index contributed by atoms with van der Waals surface area (Å²) in [5, 5.41) is 10.4. The molecule has 14 heavy (non-hydrogen) atoms. The molecule has 5 nitrogen and oxygen atoms in total. The summed E-state index contributed by atoms with van der Waals surface area (Å²) in [6, 6.07) is 0.550. The van der Waals surface area contributed by atoms with Crippen molar-refractivity contribution < 1.29 is 4.42 Å². The van der Waals surface area contributed by atoms with Crippen LogP contribution in [-0.4, -0.2) is 16.7 Å². The van der Waals surface area contributed by atoms with E-state index in [1.165, 1.54) is 19.3 Å². The van der Waals surface area contributed by atoms with Crippen LogP contribution in [0.2, 0.25) is 0 Å². The molecule has 1 saturated carbocycles. The van der Waals surface area contributed by atoms with Gasteiger partial charge in [0.2, 0.25) is 0 Å². The van der Waals surface area contributed by atoms with Gasteiger partial charge in [-0.1, -0.05) is 30.0 Å². The molecule has 0 amide bonds. The maximum absolute atomic E-state index is 5.31. The van der Waals surface area contributed by atoms with Crippen molar-refractivity contribution in [2.75, 3.05) is 17.6 Å². The summed E-state index contributed by atoms with van der Waals surface area (Å²) < 4.78 is 5.02. The molecular formula is C9H16N4O. The first-order chi connectivity index (χ1) is 6.75. The van der Waals surface area contributed by atoms with Crippen molar-refractivity contribution in [2.45, 2.75) is 26.2 Å². The van der Waals surface area contributed by atoms with Crippen LogP contribution in [0.15, 0.2) is 4.42 Å². The van der Waals surface area contributed by atoms with Gasteiger partial charge < -0.3 is 15.5 Å². The normalized spacial score (nSPS) is 26.6. The fourth-order valence-corrected chi connectivity index (χ4v) is 2.05. The highest BCUT2D eigenvalue weighted by Crippen LogP contribution is 2.31. The minimum Gasteiger partial charge on any atom is -0.390 e. The van der Waals surface area contributed by atoms with E-state index in [9.17, 15) is 0 Å². The first-order valence-corrected chi connectivity index (χ1v) is 5.08. The largest absolute Gasteiger partial charge is 0.390 e. The summed E-state index contributed by atoms with van der Waals surface area (Å²) in [5.74, 6) is 1.52. The van der Waals surface area contributed by atoms with E-state index in [0.717, 1.165) is 18.4 Å². The molecule has 78 valence electrons. The molecule has 0 radical (unpaired) electrons. The predicted molar refractivity (Wildman–Crippen MR) is 53.7 cm³/mol. The lowest BCUT2D eigenvalue weighted by Gasteiger charge is -2.14. The van der Waals surface area contributed by atoms with Crippen molar-refractivity contribution in [3.63, 3.8) is 0 Å². The van der Waals surface area contributed by atoms with Gasteiger partial charge in [0.05, 0.1) is 0 Å². The smallest absolute Gasteiger partial charge is 0.316 e. The second-order valence-electron chi connectivity index (χ2n) is 3.99. The van der Waals surface area contributed by atoms with E-state index >= 15 is 0 Å². The van der Waals surface area contributed by atoms with Gasteiger partial charge in [-0.2, -0.15) is 0 Å². The zero-order valence-electron chi connectivity index (χ0n) is 8.36. The molecule has 1 aliphatic rings. The number of hydrogen-bond donors (Lipinski definition) is 2. The number of rotatable bonds is 3. The van der Waals surface area contributed by atoms with Crippen LogP contribution in [0, 0.1) is 11.8 Å². The van der Waals surface area contributed by atoms with E-state index in [2.05, 4.69) is 22.4 Å². The molecule has 5 heteroatoms. The Labute approximate surface area is 83.1 Å². The van der Waals surface area contributed by atoms with E-state index in [4.69, 9.17) is 10.2 Å². The Morgan fingerprint density at radius 2 is 2.36 bits per heavy atom. The lowest BCUT2D eigenvalue weighted by molar-refractivity contribution is 0.434. The summed E-state index contributed by atoms with van der Waals surface area (Å²) >= 11 is 0. The number of nitrogens with zero attached hydrogens (tertiary/aromatic N) is 2. The Bertz CT molecular complexity index is 299. The van der Waals surface area contributed by atoms with Gasteiger partial charge in [0, 0.05) is 6.54 Å². The maximum atomic E-state index is 5.31. The van der Waals surface area contributed by atoms with Crippen LogP contribution in [0.1, 0.15) is 26.2 Å². The van der Waals surface area contributed by atoms with Crippen molar-refractivity contribution in [3.8, 4) is 0 Å². The fourth-order valence-electron chi connectivity index (χ4n) is 2.05. The molecule has 1 heterocycles. The number of nitrogens with two attached hydrogens (primary N) is 1. The number of aromatic nitrogens is 2. The molecule has 0 spiro atoms. The number of anilines is 2. The minimum absolute atomic E-state index is 0.118. The lowest BCUT2D eigenvalue weighted by atomic mass is 9.98. The summed E-state index contributed by atoms with van der Waals surface area (Å²) in [6.07, 6.45) is 3.95. The van der Waals surface area contributed by atoms with Crippen molar-refractivity contribution in [2.24, 2.45) is 11.8 Å². The van der Waals surface area contributed by atoms with Crippen LogP contribution in [0.4, 0.5) is 12.0 Å². The summed E-state index contributed by atoms with van der Waals surface area (Å²) in [4.78, 5) is 0. The summed E-state index contributed by atoms with van der Waals surface area (Å²) in [6.45, 7) is 3.20. The van der Waals surface area contributed by atoms with Crippen LogP contribution in [-0.2, 0) is 0 Å². The molecule has 0 saturated heterocycles. The van der Waals surface area contributed by atoms with Gasteiger partial charge in [0.15, 0.2) is 0 Å². The third-order valence-corrected chi connectivity index (χ3v) is 3.00. The number of hydrogen-bond acceptors (Lipinski definition) is 5. The third-order valence-electron chi connectivity index (χ3n) is 3.00. The zero-order chi connectivity index (χ0) is 9.97. The highest BCUT2D eigenvalue weighted by Gasteiger charge is 2.23. The van der Waals surface area contributed by atoms with Crippen LogP contribution in [0.25, 0.3) is 0 Å². The minimum atomic E-state index is 0.118. The van der Waals surface area contributed by atoms with Crippen molar-refractivity contribution >= 4 is 12.0 Å². The predicted octanol–water partition coefficient (Wildman–Crippen LogP) is 1.50. The van der Waals surface area contributed by atoms with Gasteiger partial charge in [-0.15, -0.1) is 0 Å². The second kappa shape index (κ2) is 3.86. The van der Waals surface area contributed by atoms with E-state index in [-0.39, 0.29) is 6.01 Å². The van der Waals surface area contributed by atoms with E-state index in [1.54, 1.807) is 0 Å². The Morgan fingerprint density at radius 1 is 1.50 bits per heavy atom. The van der Waals surface area contributed by atoms with E-state index in [1.807, 2.05) is 0 Å². The summed E-state index contributed by atoms with van der Waals surface area (Å²) in [7, 11) is 0. The van der Waals surface area contributed by atoms with Crippen LogP contribution in [0.3, 0.4) is 0 Å². The fraction of sp³-hybridized carbons (Fsp3) is 0.778. The number of nitrogens with one attached hydrogen (secondary N) is 1. The third kappa shape index (κ3) is 1.97. The van der Waals surface area contributed by atoms with Gasteiger partial charge >= 0.3 is 12.0 Å². The van der Waals surface area contributed by atoms with Crippen molar-refractivity contribution in [1.82, 2.24) is 10.2 Å². The Kier molecular flexibility index (Phi) is 2.56. The Balaban J connectivity index is 1.82. The van der Waals surface area contributed by atoms with Gasteiger partial charge in [-0.25, -0.2) is 0 Å². The highest BCUT2D eigenvalue weighted by molar-refractivity contribution is 5.22. The van der Waals surface area contributed by atoms with Gasteiger partial charge in [-0.3, -0.25) is 0 Å². The SMILES string of the molecule is CC1CCCC1CNc1nnc(N)o1. The molecule has 1 aliphatic carbocycles. The zero-order valence-corrected chi connectivity index (χ0v) is 8.36. The molecule has 3 N–H and O–H groups in total. The molecule has 1 aromatic heterocycles. The molecule has 2 rings (SSSR count). The summed E-state index contributed by atoms with van der Waals surface area (Å²) in [5.41, 5.74) is 5.31. The molecule has 1 aromatic rings. The van der Waals surface area contributed by atoms with Gasteiger partial charge in [0.25, 0.3) is 0 Å². The van der Waals surface area contributed by atoms with Crippen LogP contribution < -0.4 is 11.1 Å². The topological polar surface area (TPSA) is 77.0 Å². The van der Waals surface area contributed by atoms with Crippen LogP contribution in [0.5, 0.6) is 0 Å². The Morgan fingerprint density at radius 3 is 2.93 bits per heavy atom. The van der Waals surface area contributed by atoms with E-state index < -0.39 is 0 Å². The average Bonchev–Trinajstić information content (AvgIpc) is 2.72. The van der Waals surface area contributed by atoms with Gasteiger partial charge in [0.1, 0.15) is 0 Å². The molecule has 0 aromatic carbocycles. The van der Waals surface area contributed by atoms with Gasteiger partial charge in [-0.05, 0) is 18.3 Å². The van der Waals surface area contributed by atoms with Crippen molar-refractivity contribution in [1.29, 1.82) is 0 Å². The average molecular weight is 196 g/mol. The molecular weight excluding hydrogens is 180 g/mol.